The highest BCUT2D eigenvalue weighted by molar-refractivity contribution is 5.11. The first-order valence-electron chi connectivity index (χ1n) is 3.68. The SMILES string of the molecule is CC#CC1CC1C(C)C. The molecule has 0 nitrogen and oxygen atoms in total. The summed E-state index contributed by atoms with van der Waals surface area (Å²) in [5, 5.41) is 0. The zero-order chi connectivity index (χ0) is 6.85. The van der Waals surface area contributed by atoms with Crippen LogP contribution in [0, 0.1) is 29.6 Å². The van der Waals surface area contributed by atoms with Gasteiger partial charge in [0, 0.05) is 5.92 Å². The summed E-state index contributed by atoms with van der Waals surface area (Å²) in [5.41, 5.74) is 0. The molecule has 1 aliphatic rings. The molecule has 1 rings (SSSR count). The van der Waals surface area contributed by atoms with Crippen molar-refractivity contribution >= 4 is 0 Å². The van der Waals surface area contributed by atoms with E-state index in [-0.39, 0.29) is 0 Å². The lowest BCUT2D eigenvalue weighted by molar-refractivity contribution is 0.546. The molecule has 0 heteroatoms. The van der Waals surface area contributed by atoms with Gasteiger partial charge in [-0.15, -0.1) is 5.92 Å². The molecule has 50 valence electrons. The van der Waals surface area contributed by atoms with E-state index in [1.165, 1.54) is 6.42 Å². The van der Waals surface area contributed by atoms with Gasteiger partial charge in [0.05, 0.1) is 0 Å². The van der Waals surface area contributed by atoms with Crippen molar-refractivity contribution in [1.82, 2.24) is 0 Å². The molecule has 1 aliphatic carbocycles. The first-order chi connectivity index (χ1) is 4.25. The van der Waals surface area contributed by atoms with Gasteiger partial charge in [-0.2, -0.15) is 0 Å². The molecule has 0 heterocycles. The van der Waals surface area contributed by atoms with Crippen LogP contribution >= 0.6 is 0 Å². The smallest absolute Gasteiger partial charge is 0.0237 e. The zero-order valence-corrected chi connectivity index (χ0v) is 6.44. The molecule has 0 aliphatic heterocycles. The van der Waals surface area contributed by atoms with E-state index in [0.717, 1.165) is 17.8 Å². The molecule has 2 unspecified atom stereocenters. The Morgan fingerprint density at radius 2 is 2.11 bits per heavy atom. The van der Waals surface area contributed by atoms with E-state index in [2.05, 4.69) is 25.7 Å². The lowest BCUT2D eigenvalue weighted by Crippen LogP contribution is -1.90. The van der Waals surface area contributed by atoms with E-state index < -0.39 is 0 Å². The summed E-state index contributed by atoms with van der Waals surface area (Å²) in [6.45, 7) is 6.49. The van der Waals surface area contributed by atoms with E-state index in [9.17, 15) is 0 Å². The second-order valence-corrected chi connectivity index (χ2v) is 3.14. The van der Waals surface area contributed by atoms with Crippen LogP contribution in [0.4, 0.5) is 0 Å². The topological polar surface area (TPSA) is 0 Å². The third kappa shape index (κ3) is 1.48. The highest BCUT2D eigenvalue weighted by Crippen LogP contribution is 2.43. The summed E-state index contributed by atoms with van der Waals surface area (Å²) in [4.78, 5) is 0. The van der Waals surface area contributed by atoms with Crippen molar-refractivity contribution in [3.8, 4) is 11.8 Å². The molecule has 0 spiro atoms. The maximum atomic E-state index is 3.20. The summed E-state index contributed by atoms with van der Waals surface area (Å²) in [6, 6.07) is 0. The number of hydrogen-bond donors (Lipinski definition) is 0. The van der Waals surface area contributed by atoms with Crippen LogP contribution in [-0.2, 0) is 0 Å². The zero-order valence-electron chi connectivity index (χ0n) is 6.44. The Labute approximate surface area is 57.7 Å². The predicted molar refractivity (Wildman–Crippen MR) is 39.9 cm³/mol. The summed E-state index contributed by atoms with van der Waals surface area (Å²) < 4.78 is 0. The van der Waals surface area contributed by atoms with Gasteiger partial charge in [0.2, 0.25) is 0 Å². The molecule has 0 aromatic heterocycles. The van der Waals surface area contributed by atoms with Gasteiger partial charge in [-0.25, -0.2) is 0 Å². The van der Waals surface area contributed by atoms with Crippen LogP contribution in [0.25, 0.3) is 0 Å². The Balaban J connectivity index is 2.30. The standard InChI is InChI=1S/C9H14/c1-4-5-8-6-9(8)7(2)3/h7-9H,6H2,1-3H3. The third-order valence-electron chi connectivity index (χ3n) is 2.03. The Kier molecular flexibility index (Phi) is 1.81. The third-order valence-corrected chi connectivity index (χ3v) is 2.03. The monoisotopic (exact) mass is 122 g/mol. The van der Waals surface area contributed by atoms with Crippen LogP contribution in [0.15, 0.2) is 0 Å². The first kappa shape index (κ1) is 6.68. The molecular weight excluding hydrogens is 108 g/mol. The first-order valence-corrected chi connectivity index (χ1v) is 3.68. The van der Waals surface area contributed by atoms with Crippen molar-refractivity contribution in [2.75, 3.05) is 0 Å². The van der Waals surface area contributed by atoms with E-state index in [4.69, 9.17) is 0 Å². The molecular formula is C9H14. The van der Waals surface area contributed by atoms with Crippen LogP contribution in [-0.4, -0.2) is 0 Å². The normalized spacial score (nSPS) is 31.6. The van der Waals surface area contributed by atoms with Gasteiger partial charge in [-0.05, 0) is 25.2 Å². The lowest BCUT2D eigenvalue weighted by atomic mass is 10.1. The van der Waals surface area contributed by atoms with Crippen LogP contribution in [0.5, 0.6) is 0 Å². The number of rotatable bonds is 1. The van der Waals surface area contributed by atoms with Crippen molar-refractivity contribution in [1.29, 1.82) is 0 Å². The molecule has 0 amide bonds. The maximum Gasteiger partial charge on any atom is 0.0237 e. The molecule has 0 N–H and O–H groups in total. The predicted octanol–water partition coefficient (Wildman–Crippen LogP) is 2.30. The molecule has 1 saturated carbocycles. The maximum absolute atomic E-state index is 3.20. The van der Waals surface area contributed by atoms with E-state index in [0.29, 0.717) is 0 Å². The van der Waals surface area contributed by atoms with Crippen molar-refractivity contribution in [3.63, 3.8) is 0 Å². The van der Waals surface area contributed by atoms with Crippen LogP contribution in [0.2, 0.25) is 0 Å². The molecule has 0 radical (unpaired) electrons. The van der Waals surface area contributed by atoms with E-state index in [1.54, 1.807) is 0 Å². The van der Waals surface area contributed by atoms with Gasteiger partial charge < -0.3 is 0 Å². The summed E-state index contributed by atoms with van der Waals surface area (Å²) >= 11 is 0. The van der Waals surface area contributed by atoms with Gasteiger partial charge in [0.1, 0.15) is 0 Å². The number of hydrogen-bond acceptors (Lipinski definition) is 0. The highest BCUT2D eigenvalue weighted by atomic mass is 14.4. The quantitative estimate of drug-likeness (QED) is 0.468. The highest BCUT2D eigenvalue weighted by Gasteiger charge is 2.37. The van der Waals surface area contributed by atoms with Crippen molar-refractivity contribution in [3.05, 3.63) is 0 Å². The largest absolute Gasteiger partial charge is 0.106 e. The minimum absolute atomic E-state index is 0.745. The average Bonchev–Trinajstić information content (AvgIpc) is 2.47. The van der Waals surface area contributed by atoms with Crippen LogP contribution in [0.1, 0.15) is 27.2 Å². The van der Waals surface area contributed by atoms with E-state index >= 15 is 0 Å². The minimum Gasteiger partial charge on any atom is -0.106 e. The van der Waals surface area contributed by atoms with Crippen molar-refractivity contribution < 1.29 is 0 Å². The lowest BCUT2D eigenvalue weighted by Gasteiger charge is -1.96. The van der Waals surface area contributed by atoms with Gasteiger partial charge in [-0.1, -0.05) is 19.8 Å². The molecule has 0 bridgehead atoms. The fraction of sp³-hybridized carbons (Fsp3) is 0.778. The Hall–Kier alpha value is -0.440. The molecule has 0 aromatic rings. The minimum atomic E-state index is 0.745. The van der Waals surface area contributed by atoms with Gasteiger partial charge in [0.15, 0.2) is 0 Å². The molecule has 9 heavy (non-hydrogen) atoms. The fourth-order valence-corrected chi connectivity index (χ4v) is 1.30. The van der Waals surface area contributed by atoms with Gasteiger partial charge >= 0.3 is 0 Å². The van der Waals surface area contributed by atoms with Crippen LogP contribution < -0.4 is 0 Å². The average molecular weight is 122 g/mol. The molecule has 0 aromatic carbocycles. The molecule has 2 atom stereocenters. The summed E-state index contributed by atoms with van der Waals surface area (Å²) in [7, 11) is 0. The van der Waals surface area contributed by atoms with Crippen LogP contribution in [0.3, 0.4) is 0 Å². The van der Waals surface area contributed by atoms with Gasteiger partial charge in [-0.3, -0.25) is 0 Å². The Morgan fingerprint density at radius 1 is 1.44 bits per heavy atom. The molecule has 1 fully saturated rings. The van der Waals surface area contributed by atoms with Gasteiger partial charge in [0.25, 0.3) is 0 Å². The molecule has 0 saturated heterocycles. The second kappa shape index (κ2) is 2.43. The summed E-state index contributed by atoms with van der Waals surface area (Å²) in [5.74, 6) is 8.67. The Bertz CT molecular complexity index is 145. The Morgan fingerprint density at radius 3 is 2.44 bits per heavy atom. The van der Waals surface area contributed by atoms with Crippen molar-refractivity contribution in [2.24, 2.45) is 17.8 Å². The summed E-state index contributed by atoms with van der Waals surface area (Å²) in [6.07, 6.45) is 1.35. The second-order valence-electron chi connectivity index (χ2n) is 3.14. The van der Waals surface area contributed by atoms with E-state index in [1.807, 2.05) is 6.92 Å². The fourth-order valence-electron chi connectivity index (χ4n) is 1.30. The van der Waals surface area contributed by atoms with Crippen molar-refractivity contribution in [2.45, 2.75) is 27.2 Å².